The normalized spacial score (nSPS) is 15.2. The molecule has 3 N–H and O–H groups in total. The van der Waals surface area contributed by atoms with Crippen LogP contribution in [-0.2, 0) is 0 Å². The molecule has 0 amide bonds. The van der Waals surface area contributed by atoms with Crippen LogP contribution in [0.5, 0.6) is 0 Å². The summed E-state index contributed by atoms with van der Waals surface area (Å²) in [7, 11) is 0. The summed E-state index contributed by atoms with van der Waals surface area (Å²) in [6.45, 7) is 5.96. The molecule has 8 nitrogen and oxygen atoms in total. The van der Waals surface area contributed by atoms with E-state index in [1.807, 2.05) is 6.92 Å². The van der Waals surface area contributed by atoms with E-state index in [0.29, 0.717) is 24.8 Å². The average Bonchev–Trinajstić information content (AvgIpc) is 3.27. The molecule has 0 radical (unpaired) electrons. The number of hydrogen-bond acceptors (Lipinski definition) is 6. The summed E-state index contributed by atoms with van der Waals surface area (Å²) in [4.78, 5) is 17.8. The molecule has 2 aromatic rings. The zero-order valence-corrected chi connectivity index (χ0v) is 17.5. The van der Waals surface area contributed by atoms with Crippen LogP contribution in [0.4, 0.5) is 16.4 Å². The van der Waals surface area contributed by atoms with Gasteiger partial charge in [0.05, 0.1) is 16.5 Å². The summed E-state index contributed by atoms with van der Waals surface area (Å²) < 4.78 is 0. The second-order valence-corrected chi connectivity index (χ2v) is 7.74. The Kier molecular flexibility index (Phi) is 7.69. The third kappa shape index (κ3) is 6.08. The Hall–Kier alpha value is -2.81. The lowest BCUT2D eigenvalue weighted by atomic mass is 10.1. The maximum Gasteiger partial charge on any atom is 0.292 e. The second kappa shape index (κ2) is 10.7. The fraction of sp³-hybridized carbons (Fsp3) is 0.450. The summed E-state index contributed by atoms with van der Waals surface area (Å²) in [5.74, 6) is 0.798. The summed E-state index contributed by atoms with van der Waals surface area (Å²) in [6, 6.07) is 11.3. The Morgan fingerprint density at radius 3 is 2.76 bits per heavy atom. The number of nitrogens with zero attached hydrogens (tertiary/aromatic N) is 3. The number of hydrogen-bond donors (Lipinski definition) is 3. The molecule has 1 aromatic carbocycles. The van der Waals surface area contributed by atoms with Crippen molar-refractivity contribution in [3.05, 3.63) is 51.9 Å². The Morgan fingerprint density at radius 1 is 1.28 bits per heavy atom. The van der Waals surface area contributed by atoms with Gasteiger partial charge in [0.25, 0.3) is 5.69 Å². The van der Waals surface area contributed by atoms with Crippen molar-refractivity contribution in [1.29, 1.82) is 0 Å². The number of anilines is 2. The topological polar surface area (TPSA) is 94.8 Å². The predicted molar refractivity (Wildman–Crippen MR) is 120 cm³/mol. The average molecular weight is 417 g/mol. The summed E-state index contributed by atoms with van der Waals surface area (Å²) >= 11 is 1.79. The Balaban J connectivity index is 1.47. The molecule has 0 unspecified atom stereocenters. The Labute approximate surface area is 175 Å². The number of benzene rings is 1. The van der Waals surface area contributed by atoms with Gasteiger partial charge in [0.1, 0.15) is 5.69 Å². The van der Waals surface area contributed by atoms with E-state index in [1.165, 1.54) is 11.1 Å². The molecule has 0 spiro atoms. The van der Waals surface area contributed by atoms with Gasteiger partial charge in [-0.2, -0.15) is 0 Å². The highest BCUT2D eigenvalue weighted by Crippen LogP contribution is 2.25. The van der Waals surface area contributed by atoms with Crippen molar-refractivity contribution in [3.8, 4) is 0 Å². The Bertz CT molecular complexity index is 803. The van der Waals surface area contributed by atoms with Crippen molar-refractivity contribution in [2.24, 2.45) is 4.99 Å². The van der Waals surface area contributed by atoms with Crippen molar-refractivity contribution in [2.45, 2.75) is 25.8 Å². The minimum atomic E-state index is -0.375. The lowest BCUT2D eigenvalue weighted by Crippen LogP contribution is -2.48. The zero-order chi connectivity index (χ0) is 20.5. The lowest BCUT2D eigenvalue weighted by Gasteiger charge is -2.33. The maximum atomic E-state index is 11.1. The van der Waals surface area contributed by atoms with Crippen LogP contribution in [0.25, 0.3) is 0 Å². The number of guanidine groups is 1. The third-order valence-corrected chi connectivity index (χ3v) is 5.72. The van der Waals surface area contributed by atoms with Crippen LogP contribution in [0.2, 0.25) is 0 Å². The fourth-order valence-corrected chi connectivity index (χ4v) is 4.13. The van der Waals surface area contributed by atoms with Crippen LogP contribution >= 0.6 is 11.3 Å². The van der Waals surface area contributed by atoms with E-state index in [2.05, 4.69) is 43.4 Å². The van der Waals surface area contributed by atoms with Crippen LogP contribution in [0.15, 0.2) is 46.8 Å². The molecule has 29 heavy (non-hydrogen) atoms. The molecule has 0 saturated carbocycles. The van der Waals surface area contributed by atoms with Gasteiger partial charge in [0, 0.05) is 38.3 Å². The first-order chi connectivity index (χ1) is 14.2. The molecule has 1 aliphatic heterocycles. The SMILES string of the molecule is CCNC(=NCCNc1ccccc1[N+](=O)[O-])NC1CCN(c2cccs2)CC1. The van der Waals surface area contributed by atoms with Crippen LogP contribution in [0.1, 0.15) is 19.8 Å². The Morgan fingerprint density at radius 2 is 2.07 bits per heavy atom. The number of piperidine rings is 1. The number of nitro benzene ring substituents is 1. The van der Waals surface area contributed by atoms with Gasteiger partial charge < -0.3 is 20.9 Å². The van der Waals surface area contributed by atoms with Gasteiger partial charge >= 0.3 is 0 Å². The van der Waals surface area contributed by atoms with Gasteiger partial charge in [0.15, 0.2) is 5.96 Å². The summed E-state index contributed by atoms with van der Waals surface area (Å²) in [5.41, 5.74) is 0.602. The molecule has 9 heteroatoms. The molecular weight excluding hydrogens is 388 g/mol. The summed E-state index contributed by atoms with van der Waals surface area (Å²) in [5, 5.41) is 24.5. The highest BCUT2D eigenvalue weighted by atomic mass is 32.1. The van der Waals surface area contributed by atoms with Crippen LogP contribution < -0.4 is 20.9 Å². The highest BCUT2D eigenvalue weighted by Gasteiger charge is 2.20. The lowest BCUT2D eigenvalue weighted by molar-refractivity contribution is -0.384. The zero-order valence-electron chi connectivity index (χ0n) is 16.6. The number of aliphatic imine (C=N–C) groups is 1. The molecule has 1 aromatic heterocycles. The molecule has 2 heterocycles. The number of nitro groups is 1. The van der Waals surface area contributed by atoms with Gasteiger partial charge in [0.2, 0.25) is 0 Å². The van der Waals surface area contributed by atoms with E-state index in [1.54, 1.807) is 29.5 Å². The first kappa shape index (κ1) is 20.9. The fourth-order valence-electron chi connectivity index (χ4n) is 3.35. The molecule has 1 fully saturated rings. The predicted octanol–water partition coefficient (Wildman–Crippen LogP) is 3.29. The maximum absolute atomic E-state index is 11.1. The molecule has 0 aliphatic carbocycles. The third-order valence-electron chi connectivity index (χ3n) is 4.80. The molecule has 156 valence electrons. The van der Waals surface area contributed by atoms with E-state index in [-0.39, 0.29) is 10.6 Å². The largest absolute Gasteiger partial charge is 0.378 e. The van der Waals surface area contributed by atoms with E-state index < -0.39 is 0 Å². The number of nitrogens with one attached hydrogen (secondary N) is 3. The van der Waals surface area contributed by atoms with Crippen molar-refractivity contribution < 1.29 is 4.92 Å². The first-order valence-corrected chi connectivity index (χ1v) is 10.9. The second-order valence-electron chi connectivity index (χ2n) is 6.82. The summed E-state index contributed by atoms with van der Waals surface area (Å²) in [6.07, 6.45) is 2.13. The van der Waals surface area contributed by atoms with Crippen LogP contribution in [0.3, 0.4) is 0 Å². The quantitative estimate of drug-likeness (QED) is 0.201. The minimum absolute atomic E-state index is 0.0824. The van der Waals surface area contributed by atoms with Crippen molar-refractivity contribution in [3.63, 3.8) is 0 Å². The van der Waals surface area contributed by atoms with Gasteiger partial charge in [-0.3, -0.25) is 15.1 Å². The van der Waals surface area contributed by atoms with Crippen LogP contribution in [0, 0.1) is 10.1 Å². The molecule has 1 saturated heterocycles. The van der Waals surface area contributed by atoms with Gasteiger partial charge in [-0.05, 0) is 43.3 Å². The van der Waals surface area contributed by atoms with E-state index in [4.69, 9.17) is 0 Å². The van der Waals surface area contributed by atoms with Gasteiger partial charge in [-0.1, -0.05) is 12.1 Å². The molecule has 0 atom stereocenters. The van der Waals surface area contributed by atoms with Gasteiger partial charge in [-0.25, -0.2) is 0 Å². The van der Waals surface area contributed by atoms with Crippen molar-refractivity contribution in [1.82, 2.24) is 10.6 Å². The monoisotopic (exact) mass is 416 g/mol. The molecule has 0 bridgehead atoms. The standard InChI is InChI=1S/C20H28N6O2S/c1-2-21-20(23-12-11-22-17-6-3-4-7-18(17)26(27)28)24-16-9-13-25(14-10-16)19-8-5-15-29-19/h3-8,15-16,22H,2,9-14H2,1H3,(H2,21,23,24). The minimum Gasteiger partial charge on any atom is -0.378 e. The van der Waals surface area contributed by atoms with Gasteiger partial charge in [-0.15, -0.1) is 11.3 Å². The molecular formula is C20H28N6O2S. The molecule has 1 aliphatic rings. The van der Waals surface area contributed by atoms with Crippen molar-refractivity contribution >= 4 is 33.7 Å². The number of thiophene rings is 1. The number of para-hydroxylation sites is 2. The first-order valence-electron chi connectivity index (χ1n) is 9.98. The van der Waals surface area contributed by atoms with Crippen molar-refractivity contribution in [2.75, 3.05) is 42.9 Å². The highest BCUT2D eigenvalue weighted by molar-refractivity contribution is 7.14. The smallest absolute Gasteiger partial charge is 0.292 e. The van der Waals surface area contributed by atoms with E-state index >= 15 is 0 Å². The van der Waals surface area contributed by atoms with E-state index in [9.17, 15) is 10.1 Å². The van der Waals surface area contributed by atoms with E-state index in [0.717, 1.165) is 38.4 Å². The number of rotatable bonds is 8. The van der Waals surface area contributed by atoms with Crippen LogP contribution in [-0.4, -0.2) is 49.6 Å². The molecule has 3 rings (SSSR count).